The Balaban J connectivity index is 1.78. The van der Waals surface area contributed by atoms with E-state index in [0.29, 0.717) is 0 Å². The molecule has 2 aliphatic rings. The van der Waals surface area contributed by atoms with E-state index in [0.717, 1.165) is 25.7 Å². The predicted molar refractivity (Wildman–Crippen MR) is 83.9 cm³/mol. The van der Waals surface area contributed by atoms with E-state index in [1.54, 1.807) is 0 Å². The van der Waals surface area contributed by atoms with Crippen LogP contribution < -0.4 is 5.73 Å². The zero-order valence-corrected chi connectivity index (χ0v) is 12.5. The molecule has 0 bridgehead atoms. The Kier molecular flexibility index (Phi) is 2.93. The van der Waals surface area contributed by atoms with E-state index in [4.69, 9.17) is 10.7 Å². The van der Waals surface area contributed by atoms with Crippen molar-refractivity contribution in [1.29, 1.82) is 0 Å². The summed E-state index contributed by atoms with van der Waals surface area (Å²) < 4.78 is 0. The molecule has 1 aromatic carbocycles. The quantitative estimate of drug-likeness (QED) is 0.858. The van der Waals surface area contributed by atoms with Crippen molar-refractivity contribution in [3.8, 4) is 11.3 Å². The smallest absolute Gasteiger partial charge is 0.113 e. The lowest BCUT2D eigenvalue weighted by atomic mass is 9.83. The minimum Gasteiger partial charge on any atom is -0.319 e. The fourth-order valence-corrected chi connectivity index (χ4v) is 4.79. The molecule has 1 fully saturated rings. The van der Waals surface area contributed by atoms with Crippen molar-refractivity contribution in [3.63, 3.8) is 0 Å². The summed E-state index contributed by atoms with van der Waals surface area (Å²) >= 11 is 1.87. The van der Waals surface area contributed by atoms with Crippen molar-refractivity contribution in [3.05, 3.63) is 39.7 Å². The molecule has 0 unspecified atom stereocenters. The number of rotatable bonds is 1. The van der Waals surface area contributed by atoms with Crippen molar-refractivity contribution in [1.82, 2.24) is 4.98 Å². The van der Waals surface area contributed by atoms with Gasteiger partial charge in [0.1, 0.15) is 5.01 Å². The van der Waals surface area contributed by atoms with Crippen LogP contribution in [0.25, 0.3) is 11.3 Å². The minimum absolute atomic E-state index is 0.158. The Morgan fingerprint density at radius 3 is 2.70 bits per heavy atom. The first-order valence-electron chi connectivity index (χ1n) is 7.64. The van der Waals surface area contributed by atoms with Crippen LogP contribution in [0.1, 0.15) is 47.6 Å². The Morgan fingerprint density at radius 1 is 1.05 bits per heavy atom. The van der Waals surface area contributed by atoms with Crippen LogP contribution in [0.2, 0.25) is 0 Å². The van der Waals surface area contributed by atoms with Crippen LogP contribution >= 0.6 is 11.3 Å². The molecule has 0 saturated heterocycles. The van der Waals surface area contributed by atoms with Crippen LogP contribution in [0.15, 0.2) is 24.3 Å². The van der Waals surface area contributed by atoms with E-state index >= 15 is 0 Å². The lowest BCUT2D eigenvalue weighted by Gasteiger charge is -2.31. The van der Waals surface area contributed by atoms with Gasteiger partial charge in [-0.15, -0.1) is 11.3 Å². The van der Waals surface area contributed by atoms with Gasteiger partial charge in [0.2, 0.25) is 0 Å². The second-order valence-corrected chi connectivity index (χ2v) is 7.25. The molecule has 2 aromatic rings. The Labute approximate surface area is 124 Å². The number of hydrogen-bond acceptors (Lipinski definition) is 3. The van der Waals surface area contributed by atoms with Gasteiger partial charge in [0.25, 0.3) is 0 Å². The lowest BCUT2D eigenvalue weighted by Crippen LogP contribution is -2.38. The van der Waals surface area contributed by atoms with E-state index in [2.05, 4.69) is 24.3 Å². The average Bonchev–Trinajstić information content (AvgIpc) is 2.93. The summed E-state index contributed by atoms with van der Waals surface area (Å²) in [5.74, 6) is 0. The van der Waals surface area contributed by atoms with E-state index < -0.39 is 0 Å². The van der Waals surface area contributed by atoms with Crippen molar-refractivity contribution >= 4 is 11.3 Å². The Bertz CT molecular complexity index is 638. The third-order valence-electron chi connectivity index (χ3n) is 4.76. The molecule has 104 valence electrons. The molecule has 0 radical (unpaired) electrons. The van der Waals surface area contributed by atoms with Crippen molar-refractivity contribution in [2.75, 3.05) is 0 Å². The molecular formula is C17H20N2S. The van der Waals surface area contributed by atoms with Gasteiger partial charge in [-0.25, -0.2) is 4.98 Å². The summed E-state index contributed by atoms with van der Waals surface area (Å²) in [7, 11) is 0. The second-order valence-electron chi connectivity index (χ2n) is 6.16. The van der Waals surface area contributed by atoms with Crippen LogP contribution in [0.5, 0.6) is 0 Å². The third-order valence-corrected chi connectivity index (χ3v) is 6.10. The van der Waals surface area contributed by atoms with Crippen LogP contribution in [0.3, 0.4) is 0 Å². The fourth-order valence-electron chi connectivity index (χ4n) is 3.56. The minimum atomic E-state index is -0.158. The van der Waals surface area contributed by atoms with Gasteiger partial charge >= 0.3 is 0 Å². The van der Waals surface area contributed by atoms with Gasteiger partial charge in [-0.2, -0.15) is 0 Å². The predicted octanol–water partition coefficient (Wildman–Crippen LogP) is 4.03. The highest BCUT2D eigenvalue weighted by Crippen LogP contribution is 2.42. The van der Waals surface area contributed by atoms with Gasteiger partial charge in [0, 0.05) is 10.4 Å². The molecule has 4 rings (SSSR count). The van der Waals surface area contributed by atoms with Crippen LogP contribution in [-0.2, 0) is 18.4 Å². The first kappa shape index (κ1) is 12.5. The maximum atomic E-state index is 6.66. The number of aryl methyl sites for hydroxylation is 2. The van der Waals surface area contributed by atoms with E-state index in [9.17, 15) is 0 Å². The first-order valence-corrected chi connectivity index (χ1v) is 8.45. The molecule has 1 saturated carbocycles. The molecule has 2 nitrogen and oxygen atoms in total. The normalized spacial score (nSPS) is 20.2. The molecule has 2 aliphatic carbocycles. The average molecular weight is 284 g/mol. The van der Waals surface area contributed by atoms with E-state index in [1.165, 1.54) is 46.0 Å². The lowest BCUT2D eigenvalue weighted by molar-refractivity contribution is 0.301. The third kappa shape index (κ3) is 1.92. The molecule has 2 N–H and O–H groups in total. The molecule has 0 amide bonds. The maximum Gasteiger partial charge on any atom is 0.113 e. The number of fused-ring (bicyclic) bond motifs is 3. The summed E-state index contributed by atoms with van der Waals surface area (Å²) in [6.45, 7) is 0. The van der Waals surface area contributed by atoms with E-state index in [-0.39, 0.29) is 5.54 Å². The molecule has 1 aromatic heterocycles. The van der Waals surface area contributed by atoms with E-state index in [1.807, 2.05) is 11.3 Å². The van der Waals surface area contributed by atoms with Gasteiger partial charge in [-0.3, -0.25) is 0 Å². The van der Waals surface area contributed by atoms with Crippen molar-refractivity contribution < 1.29 is 0 Å². The highest BCUT2D eigenvalue weighted by molar-refractivity contribution is 7.12. The molecule has 0 aliphatic heterocycles. The van der Waals surface area contributed by atoms with Gasteiger partial charge < -0.3 is 5.73 Å². The summed E-state index contributed by atoms with van der Waals surface area (Å²) in [4.78, 5) is 6.42. The van der Waals surface area contributed by atoms with Gasteiger partial charge in [-0.05, 0) is 31.2 Å². The van der Waals surface area contributed by atoms with Gasteiger partial charge in [0.15, 0.2) is 0 Å². The zero-order chi connectivity index (χ0) is 13.6. The summed E-state index contributed by atoms with van der Waals surface area (Å²) in [6, 6.07) is 8.69. The largest absolute Gasteiger partial charge is 0.319 e. The zero-order valence-electron chi connectivity index (χ0n) is 11.7. The maximum absolute atomic E-state index is 6.66. The van der Waals surface area contributed by atoms with Crippen LogP contribution in [0.4, 0.5) is 0 Å². The monoisotopic (exact) mass is 284 g/mol. The summed E-state index contributed by atoms with van der Waals surface area (Å²) in [5.41, 5.74) is 10.5. The SMILES string of the molecule is NC1(c2nc3c(s2)CCc2ccccc2-3)CCCCC1. The number of thiazole rings is 1. The topological polar surface area (TPSA) is 38.9 Å². The molecule has 1 heterocycles. The molecule has 0 atom stereocenters. The standard InChI is InChI=1S/C17H20N2S/c18-17(10-4-1-5-11-17)16-19-15-13-7-3-2-6-12(13)8-9-14(15)20-16/h2-3,6-7H,1,4-5,8-11,18H2. The molecule has 0 spiro atoms. The number of aromatic nitrogens is 1. The summed E-state index contributed by atoms with van der Waals surface area (Å²) in [6.07, 6.45) is 8.28. The van der Waals surface area contributed by atoms with Gasteiger partial charge in [-0.1, -0.05) is 43.5 Å². The first-order chi connectivity index (χ1) is 9.76. The number of nitrogens with two attached hydrogens (primary N) is 1. The van der Waals surface area contributed by atoms with Crippen LogP contribution in [0, 0.1) is 0 Å². The van der Waals surface area contributed by atoms with Crippen LogP contribution in [-0.4, -0.2) is 4.98 Å². The molecular weight excluding hydrogens is 264 g/mol. The fraction of sp³-hybridized carbons (Fsp3) is 0.471. The highest BCUT2D eigenvalue weighted by atomic mass is 32.1. The van der Waals surface area contributed by atoms with Gasteiger partial charge in [0.05, 0.1) is 11.2 Å². The Morgan fingerprint density at radius 2 is 1.85 bits per heavy atom. The second kappa shape index (κ2) is 4.68. The van der Waals surface area contributed by atoms with Crippen molar-refractivity contribution in [2.45, 2.75) is 50.5 Å². The number of benzene rings is 1. The summed E-state index contributed by atoms with van der Waals surface area (Å²) in [5, 5.41) is 1.18. The molecule has 20 heavy (non-hydrogen) atoms. The Hall–Kier alpha value is -1.19. The van der Waals surface area contributed by atoms with Crippen molar-refractivity contribution in [2.24, 2.45) is 5.73 Å². The number of nitrogens with zero attached hydrogens (tertiary/aromatic N) is 1. The number of hydrogen-bond donors (Lipinski definition) is 1. The highest BCUT2D eigenvalue weighted by Gasteiger charge is 2.34. The molecule has 3 heteroatoms.